The number of rotatable bonds is 12. The molecule has 0 amide bonds. The van der Waals surface area contributed by atoms with Gasteiger partial charge in [-0.1, -0.05) is 221 Å². The lowest BCUT2D eigenvalue weighted by Crippen LogP contribution is -2.35. The van der Waals surface area contributed by atoms with Crippen LogP contribution in [-0.2, 0) is 65.1 Å². The molecule has 0 fully saturated rings. The van der Waals surface area contributed by atoms with Gasteiger partial charge in [0.1, 0.15) is 20.1 Å². The zero-order chi connectivity index (χ0) is 70.2. The van der Waals surface area contributed by atoms with Crippen LogP contribution < -0.4 is 13.7 Å². The summed E-state index contributed by atoms with van der Waals surface area (Å²) in [5.74, 6) is 0.424. The van der Waals surface area contributed by atoms with Gasteiger partial charge < -0.3 is 22.3 Å². The van der Waals surface area contributed by atoms with Crippen molar-refractivity contribution in [3.8, 4) is 33.4 Å². The second kappa shape index (κ2) is 29.4. The number of benzene rings is 12. The van der Waals surface area contributed by atoms with Crippen LogP contribution in [0.15, 0.2) is 237 Å². The quantitative estimate of drug-likeness (QED) is 0.0696. The molecule has 0 aliphatic heterocycles. The highest BCUT2D eigenvalue weighted by Crippen LogP contribution is 2.48. The monoisotopic (exact) mass is 1370 g/mol. The molecule has 3 aliphatic rings. The first-order valence-corrected chi connectivity index (χ1v) is 36.7. The highest BCUT2D eigenvalue weighted by Gasteiger charge is 2.37. The normalized spacial score (nSPS) is 12.0. The molecule has 0 unspecified atom stereocenters. The van der Waals surface area contributed by atoms with Gasteiger partial charge in [0.2, 0.25) is 33.1 Å². The first kappa shape index (κ1) is 72.0. The van der Waals surface area contributed by atoms with Crippen molar-refractivity contribution in [3.63, 3.8) is 0 Å². The van der Waals surface area contributed by atoms with E-state index in [0.717, 1.165) is 158 Å². The summed E-state index contributed by atoms with van der Waals surface area (Å²) in [6.45, 7) is 19.1. The SMILES string of the molecule is CC[n+]1c2ccc(C)cc2c2c3c(c(Cc4ccc(C)cc4)ccc31)C(=O)c1ccccc1-2.CCc1ccc(Cc2ccc3c4c2C(=O)c2ccccc2-c4c2cc(CC)ccc2[n+]3C)cc1.CCc1ccc(Cc2ccc3c4c2C(=O)c2ccccc2-c4c2cc(CC)ccc2[n+]3CC)cc1.[CH3-].[CH3-].[CH3-]. The predicted molar refractivity (Wildman–Crippen MR) is 438 cm³/mol. The maximum Gasteiger partial charge on any atom is 0.214 e. The predicted octanol–water partition coefficient (Wildman–Crippen LogP) is 22.0. The minimum absolute atomic E-state index is 0. The van der Waals surface area contributed by atoms with Gasteiger partial charge in [0.05, 0.1) is 32.3 Å². The molecule has 18 rings (SSSR count). The number of aromatic nitrogens is 3. The van der Waals surface area contributed by atoms with Crippen molar-refractivity contribution in [1.82, 2.24) is 0 Å². The average Bonchev–Trinajstić information content (AvgIpc) is 0.717. The smallest absolute Gasteiger partial charge is 0.214 e. The van der Waals surface area contributed by atoms with Gasteiger partial charge in [0, 0.05) is 86.5 Å². The Morgan fingerprint density at radius 2 is 0.552 bits per heavy atom. The zero-order valence-electron chi connectivity index (χ0n) is 62.9. The molecule has 0 atom stereocenters. The molecule has 6 nitrogen and oxygen atoms in total. The maximum atomic E-state index is 14.1. The first-order valence-electron chi connectivity index (χ1n) is 36.7. The van der Waals surface area contributed by atoms with Gasteiger partial charge >= 0.3 is 0 Å². The summed E-state index contributed by atoms with van der Waals surface area (Å²) in [6.07, 6.45) is 6.28. The number of nitrogens with zero attached hydrogens (tertiary/aromatic N) is 3. The van der Waals surface area contributed by atoms with E-state index < -0.39 is 0 Å². The van der Waals surface area contributed by atoms with Crippen molar-refractivity contribution in [2.75, 3.05) is 0 Å². The van der Waals surface area contributed by atoms with E-state index in [0.29, 0.717) is 0 Å². The van der Waals surface area contributed by atoms with Crippen molar-refractivity contribution in [3.05, 3.63) is 359 Å². The van der Waals surface area contributed by atoms with E-state index in [1.807, 2.05) is 48.5 Å². The fourth-order valence-corrected chi connectivity index (χ4v) is 16.8. The standard InChI is InChI=1S/C33H30NO.C32H28NO.C31H26NO.3CH3/c1-4-21-11-13-23(14-12-21)19-24-16-18-29-32-30(24)33(35)26-10-8-7-9-25(26)31(32)27-20-22(5-2)15-17-28(27)34(29)6-3;1-4-20-10-12-22(13-11-20)18-23-15-17-28-31-29(23)32(34)25-9-7-6-8-24(25)30(31)26-19-21(5-2)14-16-27(26)33(28)3;1-4-32-26-15-11-20(3)17-25(26)29-23-7-5-6-8-24(23)31(33)28-22(14-16-27(32)30(28)29)18-21-12-9-19(2)10-13-21;;;/h7-18,20H,4-6,19H2,1-3H3;6-17,19H,4-5,18H2,1-3H3;5-17H,4,18H2,1-3H3;3*1H3/q3*+1;3*-1. The molecule has 0 saturated carbocycles. The summed E-state index contributed by atoms with van der Waals surface area (Å²) in [6, 6.07) is 84.1. The lowest BCUT2D eigenvalue weighted by atomic mass is 9.79. The van der Waals surface area contributed by atoms with Crippen LogP contribution in [0, 0.1) is 36.1 Å². The van der Waals surface area contributed by atoms with Crippen LogP contribution in [0.1, 0.15) is 156 Å². The molecule has 12 aromatic carbocycles. The molecule has 0 N–H and O–H groups in total. The zero-order valence-corrected chi connectivity index (χ0v) is 62.9. The Hall–Kier alpha value is -11.3. The number of hydrogen-bond donors (Lipinski definition) is 0. The molecule has 15 aromatic rings. The minimum Gasteiger partial charge on any atom is -0.358 e. The Bertz CT molecular complexity index is 6000. The summed E-state index contributed by atoms with van der Waals surface area (Å²) in [4.78, 5) is 42.0. The van der Waals surface area contributed by atoms with Crippen molar-refractivity contribution in [2.45, 2.75) is 113 Å². The van der Waals surface area contributed by atoms with E-state index in [1.165, 1.54) is 99.5 Å². The summed E-state index contributed by atoms with van der Waals surface area (Å²) in [5, 5.41) is 6.99. The number of ketones is 3. The van der Waals surface area contributed by atoms with Crippen LogP contribution >= 0.6 is 0 Å². The Morgan fingerprint density at radius 1 is 0.267 bits per heavy atom. The van der Waals surface area contributed by atoms with Crippen LogP contribution in [0.5, 0.6) is 0 Å². The van der Waals surface area contributed by atoms with E-state index >= 15 is 0 Å². The maximum absolute atomic E-state index is 14.1. The number of hydrogen-bond acceptors (Lipinski definition) is 3. The van der Waals surface area contributed by atoms with Gasteiger partial charge in [-0.15, -0.1) is 0 Å². The number of aryl methyl sites for hydroxylation is 9. The van der Waals surface area contributed by atoms with Gasteiger partial charge in [-0.3, -0.25) is 14.4 Å². The second-order valence-corrected chi connectivity index (χ2v) is 28.1. The summed E-state index contributed by atoms with van der Waals surface area (Å²) in [5.41, 5.74) is 33.6. The van der Waals surface area contributed by atoms with Gasteiger partial charge in [0.15, 0.2) is 17.3 Å². The Morgan fingerprint density at radius 3 is 0.933 bits per heavy atom. The van der Waals surface area contributed by atoms with Crippen molar-refractivity contribution in [2.24, 2.45) is 7.05 Å². The Kier molecular flexibility index (Phi) is 20.2. The molecule has 0 radical (unpaired) electrons. The number of carbonyl (C=O) groups excluding carboxylic acids is 3. The van der Waals surface area contributed by atoms with Gasteiger partial charge in [0.25, 0.3) is 0 Å². The highest BCUT2D eigenvalue weighted by molar-refractivity contribution is 6.31. The van der Waals surface area contributed by atoms with Gasteiger partial charge in [-0.2, -0.15) is 13.7 Å². The molecule has 522 valence electrons. The molecule has 0 spiro atoms. The molecule has 0 saturated heterocycles. The van der Waals surface area contributed by atoms with Crippen LogP contribution in [0.25, 0.3) is 98.8 Å². The van der Waals surface area contributed by atoms with Crippen LogP contribution in [0.3, 0.4) is 0 Å². The Balaban J connectivity index is 0.000000138. The minimum atomic E-state index is 0. The molecule has 3 aromatic heterocycles. The molecule has 105 heavy (non-hydrogen) atoms. The van der Waals surface area contributed by atoms with E-state index in [1.54, 1.807) is 0 Å². The van der Waals surface area contributed by atoms with Gasteiger partial charge in [-0.25, -0.2) is 0 Å². The van der Waals surface area contributed by atoms with Crippen LogP contribution in [-0.4, -0.2) is 17.3 Å². The lowest BCUT2D eigenvalue weighted by Gasteiger charge is -2.23. The molecule has 3 aliphatic carbocycles. The van der Waals surface area contributed by atoms with E-state index in [-0.39, 0.29) is 39.6 Å². The molecular weight excluding hydrogens is 1280 g/mol. The fraction of sp³-hybridized carbons (Fsp3) is 0.182. The summed E-state index contributed by atoms with van der Waals surface area (Å²) >= 11 is 0. The lowest BCUT2D eigenvalue weighted by molar-refractivity contribution is -0.641. The third-order valence-corrected chi connectivity index (χ3v) is 22.1. The van der Waals surface area contributed by atoms with E-state index in [9.17, 15) is 14.4 Å². The largest absolute Gasteiger partial charge is 0.358 e. The summed E-state index contributed by atoms with van der Waals surface area (Å²) < 4.78 is 6.98. The molecule has 6 heteroatoms. The van der Waals surface area contributed by atoms with Gasteiger partial charge in [-0.05, 0) is 163 Å². The highest BCUT2D eigenvalue weighted by atomic mass is 16.1. The third-order valence-electron chi connectivity index (χ3n) is 22.1. The second-order valence-electron chi connectivity index (χ2n) is 28.1. The topological polar surface area (TPSA) is 62.9 Å². The molecular formula is C99H93N3O3. The average molecular weight is 1370 g/mol. The fourth-order valence-electron chi connectivity index (χ4n) is 16.8. The van der Waals surface area contributed by atoms with Crippen molar-refractivity contribution in [1.29, 1.82) is 0 Å². The first-order chi connectivity index (χ1) is 49.8. The van der Waals surface area contributed by atoms with Crippen LogP contribution in [0.4, 0.5) is 0 Å². The van der Waals surface area contributed by atoms with Crippen molar-refractivity contribution < 1.29 is 28.1 Å². The summed E-state index contributed by atoms with van der Waals surface area (Å²) in [7, 11) is 2.12. The Labute approximate surface area is 620 Å². The van der Waals surface area contributed by atoms with Crippen molar-refractivity contribution >= 4 is 82.8 Å². The number of pyridine rings is 3. The molecule has 0 bridgehead atoms. The third kappa shape index (κ3) is 12.2. The van der Waals surface area contributed by atoms with Crippen LogP contribution in [0.2, 0.25) is 0 Å². The van der Waals surface area contributed by atoms with E-state index in [2.05, 4.69) is 264 Å². The van der Waals surface area contributed by atoms with E-state index in [4.69, 9.17) is 0 Å². The number of fused-ring (bicyclic) bond motifs is 12. The molecule has 3 heterocycles. The number of carbonyl (C=O) groups is 3.